The van der Waals surface area contributed by atoms with Crippen molar-refractivity contribution in [3.63, 3.8) is 0 Å². The molecule has 0 aromatic carbocycles. The lowest BCUT2D eigenvalue weighted by molar-refractivity contribution is 0.183. The first kappa shape index (κ1) is 10.7. The topological polar surface area (TPSA) is 84.1 Å². The van der Waals surface area contributed by atoms with Crippen LogP contribution in [0.5, 0.6) is 0 Å². The van der Waals surface area contributed by atoms with Gasteiger partial charge >= 0.3 is 0 Å². The molecule has 1 aromatic rings. The molecule has 14 heavy (non-hydrogen) atoms. The zero-order valence-electron chi connectivity index (χ0n) is 8.27. The third-order valence-corrected chi connectivity index (χ3v) is 1.78. The zero-order chi connectivity index (χ0) is 10.4. The molecule has 0 bridgehead atoms. The molecule has 0 saturated carbocycles. The monoisotopic (exact) mass is 196 g/mol. The maximum atomic E-state index is 9.02. The number of nitrogen functional groups attached to an aromatic ring is 1. The van der Waals surface area contributed by atoms with Gasteiger partial charge in [0.2, 0.25) is 5.95 Å². The van der Waals surface area contributed by atoms with Crippen molar-refractivity contribution in [3.8, 4) is 0 Å². The number of aliphatic hydroxyl groups excluding tert-OH is 1. The van der Waals surface area contributed by atoms with E-state index >= 15 is 0 Å². The molecular weight excluding hydrogens is 180 g/mol. The van der Waals surface area contributed by atoms with Crippen LogP contribution in [0, 0.1) is 0 Å². The highest BCUT2D eigenvalue weighted by atomic mass is 16.3. The van der Waals surface area contributed by atoms with E-state index in [-0.39, 0.29) is 12.1 Å². The predicted molar refractivity (Wildman–Crippen MR) is 55.8 cm³/mol. The number of aromatic nitrogens is 2. The summed E-state index contributed by atoms with van der Waals surface area (Å²) in [5, 5.41) is 12.1. The smallest absolute Gasteiger partial charge is 0.221 e. The number of hydrogen-bond acceptors (Lipinski definition) is 5. The Kier molecular flexibility index (Phi) is 4.12. The Morgan fingerprint density at radius 2 is 2.43 bits per heavy atom. The largest absolute Gasteiger partial charge is 0.393 e. The van der Waals surface area contributed by atoms with E-state index in [1.807, 2.05) is 0 Å². The van der Waals surface area contributed by atoms with Gasteiger partial charge in [0, 0.05) is 12.7 Å². The summed E-state index contributed by atoms with van der Waals surface area (Å²) in [7, 11) is 0. The van der Waals surface area contributed by atoms with Crippen molar-refractivity contribution in [2.75, 3.05) is 17.6 Å². The summed E-state index contributed by atoms with van der Waals surface area (Å²) in [5.74, 6) is 0.994. The summed E-state index contributed by atoms with van der Waals surface area (Å²) in [5.41, 5.74) is 5.41. The molecule has 0 fully saturated rings. The van der Waals surface area contributed by atoms with Gasteiger partial charge in [0.25, 0.3) is 0 Å². The van der Waals surface area contributed by atoms with Gasteiger partial charge in [-0.1, -0.05) is 0 Å². The molecule has 0 aliphatic heterocycles. The molecule has 0 amide bonds. The summed E-state index contributed by atoms with van der Waals surface area (Å²) in [6.07, 6.45) is 3.06. The van der Waals surface area contributed by atoms with E-state index in [1.165, 1.54) is 0 Å². The highest BCUT2D eigenvalue weighted by Gasteiger charge is 1.97. The first-order valence-electron chi connectivity index (χ1n) is 4.69. The summed E-state index contributed by atoms with van der Waals surface area (Å²) < 4.78 is 0. The molecule has 1 rings (SSSR count). The van der Waals surface area contributed by atoms with E-state index in [0.29, 0.717) is 0 Å². The lowest BCUT2D eigenvalue weighted by Gasteiger charge is -2.06. The maximum Gasteiger partial charge on any atom is 0.221 e. The van der Waals surface area contributed by atoms with Crippen LogP contribution in [0.3, 0.4) is 0 Å². The Hall–Kier alpha value is -1.36. The van der Waals surface area contributed by atoms with Crippen LogP contribution in [0.1, 0.15) is 19.8 Å². The standard InChI is InChI=1S/C9H16N4O/c1-7(14)3-2-5-11-8-4-6-12-9(10)13-8/h4,6-7,14H,2-3,5H2,1H3,(H3,10,11,12,13). The minimum absolute atomic E-state index is 0.243. The average molecular weight is 196 g/mol. The number of rotatable bonds is 5. The first-order chi connectivity index (χ1) is 6.68. The van der Waals surface area contributed by atoms with Gasteiger partial charge in [0.15, 0.2) is 0 Å². The SMILES string of the molecule is CC(O)CCCNc1ccnc(N)n1. The minimum Gasteiger partial charge on any atom is -0.393 e. The number of anilines is 2. The fourth-order valence-corrected chi connectivity index (χ4v) is 1.09. The lowest BCUT2D eigenvalue weighted by Crippen LogP contribution is -2.08. The Morgan fingerprint density at radius 1 is 1.64 bits per heavy atom. The van der Waals surface area contributed by atoms with Crippen molar-refractivity contribution in [3.05, 3.63) is 12.3 Å². The molecule has 0 saturated heterocycles. The minimum atomic E-state index is -0.243. The predicted octanol–water partition coefficient (Wildman–Crippen LogP) is 0.632. The van der Waals surface area contributed by atoms with E-state index < -0.39 is 0 Å². The summed E-state index contributed by atoms with van der Waals surface area (Å²) >= 11 is 0. The maximum absolute atomic E-state index is 9.02. The highest BCUT2D eigenvalue weighted by Crippen LogP contribution is 2.03. The molecule has 5 heteroatoms. The van der Waals surface area contributed by atoms with Crippen molar-refractivity contribution in [1.82, 2.24) is 9.97 Å². The van der Waals surface area contributed by atoms with Crippen LogP contribution in [0.25, 0.3) is 0 Å². The van der Waals surface area contributed by atoms with E-state index in [2.05, 4.69) is 15.3 Å². The number of nitrogens with one attached hydrogen (secondary N) is 1. The van der Waals surface area contributed by atoms with Crippen LogP contribution in [0.4, 0.5) is 11.8 Å². The van der Waals surface area contributed by atoms with Crippen LogP contribution < -0.4 is 11.1 Å². The van der Waals surface area contributed by atoms with Gasteiger partial charge in [0.05, 0.1) is 6.10 Å². The fraction of sp³-hybridized carbons (Fsp3) is 0.556. The Bertz CT molecular complexity index is 277. The summed E-state index contributed by atoms with van der Waals surface area (Å²) in [6, 6.07) is 1.76. The summed E-state index contributed by atoms with van der Waals surface area (Å²) in [6.45, 7) is 2.56. The van der Waals surface area contributed by atoms with Crippen molar-refractivity contribution in [2.24, 2.45) is 0 Å². The van der Waals surface area contributed by atoms with Crippen molar-refractivity contribution >= 4 is 11.8 Å². The fourth-order valence-electron chi connectivity index (χ4n) is 1.09. The van der Waals surface area contributed by atoms with Gasteiger partial charge in [-0.15, -0.1) is 0 Å². The molecule has 78 valence electrons. The van der Waals surface area contributed by atoms with E-state index in [4.69, 9.17) is 10.8 Å². The first-order valence-corrected chi connectivity index (χ1v) is 4.69. The molecule has 1 unspecified atom stereocenters. The van der Waals surface area contributed by atoms with E-state index in [0.717, 1.165) is 25.2 Å². The number of aliphatic hydroxyl groups is 1. The van der Waals surface area contributed by atoms with Crippen LogP contribution in [-0.4, -0.2) is 27.7 Å². The normalized spacial score (nSPS) is 12.4. The average Bonchev–Trinajstić information content (AvgIpc) is 2.12. The zero-order valence-corrected chi connectivity index (χ0v) is 8.27. The van der Waals surface area contributed by atoms with Crippen LogP contribution in [-0.2, 0) is 0 Å². The number of hydrogen-bond donors (Lipinski definition) is 3. The quantitative estimate of drug-likeness (QED) is 0.601. The Morgan fingerprint density at radius 3 is 3.07 bits per heavy atom. The molecule has 0 aliphatic carbocycles. The Labute approximate surface area is 83.4 Å². The molecule has 0 radical (unpaired) electrons. The van der Waals surface area contributed by atoms with Gasteiger partial charge in [-0.3, -0.25) is 0 Å². The van der Waals surface area contributed by atoms with E-state index in [9.17, 15) is 0 Å². The van der Waals surface area contributed by atoms with Crippen LogP contribution >= 0.6 is 0 Å². The number of nitrogens with two attached hydrogens (primary N) is 1. The van der Waals surface area contributed by atoms with Crippen LogP contribution in [0.15, 0.2) is 12.3 Å². The number of nitrogens with zero attached hydrogens (tertiary/aromatic N) is 2. The molecule has 1 atom stereocenters. The van der Waals surface area contributed by atoms with Crippen LogP contribution in [0.2, 0.25) is 0 Å². The molecule has 0 aliphatic rings. The van der Waals surface area contributed by atoms with Gasteiger partial charge < -0.3 is 16.2 Å². The molecule has 4 N–H and O–H groups in total. The third kappa shape index (κ3) is 4.04. The third-order valence-electron chi connectivity index (χ3n) is 1.78. The van der Waals surface area contributed by atoms with Gasteiger partial charge in [-0.25, -0.2) is 4.98 Å². The van der Waals surface area contributed by atoms with Crippen molar-refractivity contribution in [1.29, 1.82) is 0 Å². The second-order valence-electron chi connectivity index (χ2n) is 3.22. The molecule has 0 spiro atoms. The molecule has 5 nitrogen and oxygen atoms in total. The second-order valence-corrected chi connectivity index (χ2v) is 3.22. The molecule has 1 aromatic heterocycles. The van der Waals surface area contributed by atoms with Gasteiger partial charge in [0.1, 0.15) is 5.82 Å². The lowest BCUT2D eigenvalue weighted by atomic mass is 10.2. The molecule has 1 heterocycles. The van der Waals surface area contributed by atoms with Gasteiger partial charge in [-0.05, 0) is 25.8 Å². The highest BCUT2D eigenvalue weighted by molar-refractivity contribution is 5.36. The van der Waals surface area contributed by atoms with Gasteiger partial charge in [-0.2, -0.15) is 4.98 Å². The van der Waals surface area contributed by atoms with Crippen molar-refractivity contribution in [2.45, 2.75) is 25.9 Å². The summed E-state index contributed by atoms with van der Waals surface area (Å²) in [4.78, 5) is 7.77. The second kappa shape index (κ2) is 5.39. The Balaban J connectivity index is 2.25. The molecular formula is C9H16N4O. The van der Waals surface area contributed by atoms with E-state index in [1.54, 1.807) is 19.2 Å². The van der Waals surface area contributed by atoms with Crippen molar-refractivity contribution < 1.29 is 5.11 Å².